The van der Waals surface area contributed by atoms with Crippen molar-refractivity contribution in [2.24, 2.45) is 11.8 Å². The Morgan fingerprint density at radius 2 is 1.61 bits per heavy atom. The van der Waals surface area contributed by atoms with Gasteiger partial charge in [0.1, 0.15) is 11.6 Å². The van der Waals surface area contributed by atoms with Crippen molar-refractivity contribution in [1.82, 2.24) is 4.72 Å². The zero-order valence-electron chi connectivity index (χ0n) is 19.8. The largest absolute Gasteiger partial charge is 0.299 e. The molecule has 2 aliphatic rings. The molecule has 3 unspecified atom stereocenters. The molecule has 1 fully saturated rings. The minimum atomic E-state index is -3.64. The molecule has 1 saturated carbocycles. The van der Waals surface area contributed by atoms with Crippen molar-refractivity contribution >= 4 is 33.2 Å². The molecule has 0 spiro atoms. The van der Waals surface area contributed by atoms with Gasteiger partial charge < -0.3 is 0 Å². The molecular formula is C29H28ClNO4S. The quantitative estimate of drug-likeness (QED) is 0.456. The first-order chi connectivity index (χ1) is 17.3. The molecule has 186 valence electrons. The Morgan fingerprint density at radius 3 is 2.36 bits per heavy atom. The third-order valence-electron chi connectivity index (χ3n) is 7.36. The molecule has 7 heteroatoms. The van der Waals surface area contributed by atoms with Gasteiger partial charge in [0.25, 0.3) is 0 Å². The predicted molar refractivity (Wildman–Crippen MR) is 139 cm³/mol. The minimum Gasteiger partial charge on any atom is -0.299 e. The fourth-order valence-corrected chi connectivity index (χ4v) is 6.91. The average Bonchev–Trinajstić information content (AvgIpc) is 3.12. The number of Topliss-reactive ketones (excluding diaryl/α,β-unsaturated/α-hetero) is 2. The molecule has 2 aliphatic carbocycles. The van der Waals surface area contributed by atoms with Crippen molar-refractivity contribution in [3.8, 4) is 0 Å². The molecule has 0 aromatic heterocycles. The first kappa shape index (κ1) is 24.9. The zero-order chi connectivity index (χ0) is 25.3. The molecule has 0 aliphatic heterocycles. The van der Waals surface area contributed by atoms with E-state index < -0.39 is 15.9 Å². The summed E-state index contributed by atoms with van der Waals surface area (Å²) in [5.41, 5.74) is 4.39. The molecule has 0 heterocycles. The molecular weight excluding hydrogens is 494 g/mol. The summed E-state index contributed by atoms with van der Waals surface area (Å²) < 4.78 is 28.5. The lowest BCUT2D eigenvalue weighted by Gasteiger charge is -2.27. The third kappa shape index (κ3) is 5.31. The number of rotatable bonds is 7. The summed E-state index contributed by atoms with van der Waals surface area (Å²) in [5.74, 6) is -0.761. The lowest BCUT2D eigenvalue weighted by atomic mass is 9.82. The Balaban J connectivity index is 1.27. The lowest BCUT2D eigenvalue weighted by Crippen LogP contribution is -2.39. The molecule has 0 bridgehead atoms. The van der Waals surface area contributed by atoms with Crippen LogP contribution >= 0.6 is 11.6 Å². The van der Waals surface area contributed by atoms with Gasteiger partial charge in [-0.3, -0.25) is 9.59 Å². The topological polar surface area (TPSA) is 80.3 Å². The second-order valence-electron chi connectivity index (χ2n) is 9.79. The van der Waals surface area contributed by atoms with Gasteiger partial charge in [0.2, 0.25) is 10.0 Å². The van der Waals surface area contributed by atoms with Crippen molar-refractivity contribution in [2.45, 2.75) is 49.5 Å². The van der Waals surface area contributed by atoms with Crippen molar-refractivity contribution in [1.29, 1.82) is 0 Å². The van der Waals surface area contributed by atoms with Gasteiger partial charge in [0, 0.05) is 23.4 Å². The molecule has 0 amide bonds. The summed E-state index contributed by atoms with van der Waals surface area (Å²) in [6.07, 6.45) is 3.30. The Bertz CT molecular complexity index is 1390. The first-order valence-corrected chi connectivity index (χ1v) is 14.1. The van der Waals surface area contributed by atoms with Crippen LogP contribution in [0.4, 0.5) is 0 Å². The van der Waals surface area contributed by atoms with Crippen LogP contribution < -0.4 is 4.72 Å². The fourth-order valence-electron chi connectivity index (χ4n) is 5.51. The first-order valence-electron chi connectivity index (χ1n) is 12.3. The second-order valence-corrected chi connectivity index (χ2v) is 11.9. The van der Waals surface area contributed by atoms with E-state index in [0.29, 0.717) is 37.1 Å². The van der Waals surface area contributed by atoms with Gasteiger partial charge in [0.15, 0.2) is 0 Å². The van der Waals surface area contributed by atoms with E-state index in [1.165, 1.54) is 17.7 Å². The molecule has 1 N–H and O–H groups in total. The van der Waals surface area contributed by atoms with Crippen LogP contribution in [0.2, 0.25) is 5.02 Å². The summed E-state index contributed by atoms with van der Waals surface area (Å²) in [7, 11) is -3.64. The highest BCUT2D eigenvalue weighted by atomic mass is 35.5. The monoisotopic (exact) mass is 521 g/mol. The number of nitrogens with one attached hydrogen (secondary N) is 1. The maximum Gasteiger partial charge on any atom is 0.240 e. The highest BCUT2D eigenvalue weighted by molar-refractivity contribution is 7.89. The number of carbonyl (C=O) groups excluding carboxylic acids is 2. The van der Waals surface area contributed by atoms with E-state index in [4.69, 9.17) is 11.6 Å². The van der Waals surface area contributed by atoms with E-state index in [2.05, 4.69) is 4.72 Å². The number of benzene rings is 3. The van der Waals surface area contributed by atoms with Crippen LogP contribution in [0.3, 0.4) is 0 Å². The molecule has 5 nitrogen and oxygen atoms in total. The number of hydrogen-bond donors (Lipinski definition) is 1. The van der Waals surface area contributed by atoms with E-state index in [9.17, 15) is 18.0 Å². The second kappa shape index (κ2) is 10.3. The maximum atomic E-state index is 13.2. The highest BCUT2D eigenvalue weighted by Crippen LogP contribution is 2.33. The molecule has 0 saturated heterocycles. The van der Waals surface area contributed by atoms with Gasteiger partial charge in [-0.2, -0.15) is 0 Å². The predicted octanol–water partition coefficient (Wildman–Crippen LogP) is 4.74. The Hall–Kier alpha value is -2.80. The van der Waals surface area contributed by atoms with Crippen LogP contribution in [0.5, 0.6) is 0 Å². The number of ketones is 2. The minimum absolute atomic E-state index is 0.0373. The number of halogens is 1. The van der Waals surface area contributed by atoms with Crippen LogP contribution in [0.25, 0.3) is 0 Å². The van der Waals surface area contributed by atoms with E-state index in [-0.39, 0.29) is 28.4 Å². The summed E-state index contributed by atoms with van der Waals surface area (Å²) in [4.78, 5) is 26.0. The smallest absolute Gasteiger partial charge is 0.240 e. The lowest BCUT2D eigenvalue weighted by molar-refractivity contribution is -0.128. The van der Waals surface area contributed by atoms with Crippen molar-refractivity contribution in [2.75, 3.05) is 0 Å². The third-order valence-corrected chi connectivity index (χ3v) is 9.14. The number of hydrogen-bond acceptors (Lipinski definition) is 4. The SMILES string of the molecule is O=C1CC(Cc2cccc3c2CCC(NS(=O)(=O)c2ccc(Cl)cc2)C3)C(=O)C1Cc1ccccc1. The maximum absolute atomic E-state index is 13.2. The molecule has 36 heavy (non-hydrogen) atoms. The Kier molecular flexibility index (Phi) is 7.11. The van der Waals surface area contributed by atoms with Crippen LogP contribution in [0, 0.1) is 11.8 Å². The van der Waals surface area contributed by atoms with Crippen molar-refractivity contribution < 1.29 is 18.0 Å². The van der Waals surface area contributed by atoms with Gasteiger partial charge in [-0.15, -0.1) is 0 Å². The van der Waals surface area contributed by atoms with Gasteiger partial charge >= 0.3 is 0 Å². The van der Waals surface area contributed by atoms with Crippen LogP contribution in [-0.2, 0) is 45.3 Å². The van der Waals surface area contributed by atoms with Crippen LogP contribution in [-0.4, -0.2) is 26.0 Å². The van der Waals surface area contributed by atoms with Gasteiger partial charge in [0.05, 0.1) is 10.8 Å². The molecule has 3 aromatic carbocycles. The van der Waals surface area contributed by atoms with Crippen molar-refractivity contribution in [3.63, 3.8) is 0 Å². The van der Waals surface area contributed by atoms with E-state index in [1.807, 2.05) is 48.5 Å². The van der Waals surface area contributed by atoms with Crippen LogP contribution in [0.15, 0.2) is 77.7 Å². The van der Waals surface area contributed by atoms with Gasteiger partial charge in [-0.05, 0) is 78.6 Å². The summed E-state index contributed by atoms with van der Waals surface area (Å²) >= 11 is 5.89. The number of sulfonamides is 1. The average molecular weight is 522 g/mol. The van der Waals surface area contributed by atoms with Gasteiger partial charge in [-0.25, -0.2) is 13.1 Å². The van der Waals surface area contributed by atoms with E-state index in [1.54, 1.807) is 12.1 Å². The fraction of sp³-hybridized carbons (Fsp3) is 0.310. The standard InChI is InChI=1S/C29H28ClNO4S/c30-23-9-12-25(13-10-23)36(34,35)31-24-11-14-26-20(7-4-8-21(26)17-24)16-22-18-28(32)27(29(22)33)15-19-5-2-1-3-6-19/h1-10,12-13,22,24,27,31H,11,14-18H2. The van der Waals surface area contributed by atoms with E-state index >= 15 is 0 Å². The highest BCUT2D eigenvalue weighted by Gasteiger charge is 2.41. The Morgan fingerprint density at radius 1 is 0.861 bits per heavy atom. The van der Waals surface area contributed by atoms with Crippen LogP contribution in [0.1, 0.15) is 35.1 Å². The molecule has 0 radical (unpaired) electrons. The summed E-state index contributed by atoms with van der Waals surface area (Å²) in [5, 5.41) is 0.488. The van der Waals surface area contributed by atoms with Gasteiger partial charge in [-0.1, -0.05) is 60.1 Å². The number of fused-ring (bicyclic) bond motifs is 1. The van der Waals surface area contributed by atoms with E-state index in [0.717, 1.165) is 23.1 Å². The Labute approximate surface area is 216 Å². The molecule has 3 aromatic rings. The summed E-state index contributed by atoms with van der Waals surface area (Å²) in [6.45, 7) is 0. The molecule has 3 atom stereocenters. The zero-order valence-corrected chi connectivity index (χ0v) is 21.4. The molecule has 5 rings (SSSR count). The normalized spacial score (nSPS) is 22.0. The summed E-state index contributed by atoms with van der Waals surface area (Å²) in [6, 6.07) is 21.7. The number of carbonyl (C=O) groups is 2. The van der Waals surface area contributed by atoms with Crippen molar-refractivity contribution in [3.05, 3.63) is 100 Å².